The smallest absolute Gasteiger partial charge is 0.328 e. The molecule has 2 aromatic rings. The van der Waals surface area contributed by atoms with E-state index in [0.29, 0.717) is 17.9 Å². The fourth-order valence-corrected chi connectivity index (χ4v) is 3.91. The molecule has 6 nitrogen and oxygen atoms in total. The zero-order valence-corrected chi connectivity index (χ0v) is 15.9. The molecule has 1 aliphatic heterocycles. The second kappa shape index (κ2) is 9.41. The maximum absolute atomic E-state index is 12.6. The molecule has 142 valence electrons. The van der Waals surface area contributed by atoms with E-state index < -0.39 is 12.0 Å². The van der Waals surface area contributed by atoms with Gasteiger partial charge in [0.1, 0.15) is 12.1 Å². The van der Waals surface area contributed by atoms with Crippen molar-refractivity contribution >= 4 is 23.6 Å². The summed E-state index contributed by atoms with van der Waals surface area (Å²) in [6.45, 7) is 0. The summed E-state index contributed by atoms with van der Waals surface area (Å²) in [4.78, 5) is 28.9. The predicted molar refractivity (Wildman–Crippen MR) is 104 cm³/mol. The molecule has 27 heavy (non-hydrogen) atoms. The van der Waals surface area contributed by atoms with Gasteiger partial charge in [0.15, 0.2) is 0 Å². The van der Waals surface area contributed by atoms with Crippen LogP contribution in [0.4, 0.5) is 0 Å². The molecule has 0 radical (unpaired) electrons. The van der Waals surface area contributed by atoms with Gasteiger partial charge in [-0.25, -0.2) is 9.78 Å². The number of carbonyl (C=O) groups excluding carboxylic acids is 2. The van der Waals surface area contributed by atoms with Crippen LogP contribution in [-0.4, -0.2) is 47.6 Å². The fourth-order valence-electron chi connectivity index (χ4n) is 2.82. The number of nitrogens with one attached hydrogen (secondary N) is 1. The van der Waals surface area contributed by atoms with Crippen LogP contribution in [0.5, 0.6) is 5.88 Å². The van der Waals surface area contributed by atoms with Crippen molar-refractivity contribution in [2.24, 2.45) is 0 Å². The predicted octanol–water partition coefficient (Wildman–Crippen LogP) is 2.48. The lowest BCUT2D eigenvalue weighted by atomic mass is 10.1. The molecular weight excluding hydrogens is 364 g/mol. The number of methoxy groups -OCH3 is 1. The Hall–Kier alpha value is -2.54. The van der Waals surface area contributed by atoms with Crippen LogP contribution in [0.2, 0.25) is 0 Å². The number of hydrogen-bond acceptors (Lipinski definition) is 6. The van der Waals surface area contributed by atoms with Crippen molar-refractivity contribution in [3.05, 3.63) is 59.8 Å². The molecule has 1 aliphatic rings. The molecule has 1 N–H and O–H groups in total. The summed E-state index contributed by atoms with van der Waals surface area (Å²) in [5.74, 6) is 1.58. The molecule has 2 atom stereocenters. The first kappa shape index (κ1) is 19.2. The molecule has 0 aliphatic carbocycles. The van der Waals surface area contributed by atoms with Crippen LogP contribution in [0.25, 0.3) is 0 Å². The van der Waals surface area contributed by atoms with Gasteiger partial charge in [-0.3, -0.25) is 4.79 Å². The Bertz CT molecular complexity index is 779. The van der Waals surface area contributed by atoms with Crippen molar-refractivity contribution in [2.75, 3.05) is 18.6 Å². The lowest BCUT2D eigenvalue weighted by Crippen LogP contribution is -2.43. The van der Waals surface area contributed by atoms with Gasteiger partial charge in [-0.2, -0.15) is 11.8 Å². The first-order valence-corrected chi connectivity index (χ1v) is 9.94. The van der Waals surface area contributed by atoms with Crippen LogP contribution in [0.15, 0.2) is 48.7 Å². The van der Waals surface area contributed by atoms with Gasteiger partial charge in [-0.15, -0.1) is 0 Å². The van der Waals surface area contributed by atoms with E-state index in [0.717, 1.165) is 23.5 Å². The topological polar surface area (TPSA) is 77.5 Å². The van der Waals surface area contributed by atoms with Crippen LogP contribution >= 0.6 is 11.8 Å². The molecule has 2 unspecified atom stereocenters. The van der Waals surface area contributed by atoms with E-state index in [1.807, 2.05) is 42.1 Å². The average molecular weight is 386 g/mol. The van der Waals surface area contributed by atoms with Crippen molar-refractivity contribution in [3.8, 4) is 5.88 Å². The van der Waals surface area contributed by atoms with Crippen molar-refractivity contribution < 1.29 is 19.1 Å². The third-order valence-corrected chi connectivity index (χ3v) is 5.38. The Labute approximate surface area is 162 Å². The number of rotatable bonds is 7. The van der Waals surface area contributed by atoms with E-state index in [1.165, 1.54) is 13.3 Å². The number of pyridine rings is 1. The Morgan fingerprint density at radius 3 is 2.81 bits per heavy atom. The van der Waals surface area contributed by atoms with Crippen molar-refractivity contribution in [1.29, 1.82) is 0 Å². The number of nitrogens with zero attached hydrogens (tertiary/aromatic N) is 1. The van der Waals surface area contributed by atoms with Gasteiger partial charge in [0.2, 0.25) is 5.88 Å². The third kappa shape index (κ3) is 5.47. The number of benzene rings is 1. The molecule has 1 aromatic carbocycles. The third-order valence-electron chi connectivity index (χ3n) is 4.25. The number of aromatic nitrogens is 1. The Morgan fingerprint density at radius 2 is 2.11 bits per heavy atom. The molecular formula is C20H22N2O4S. The van der Waals surface area contributed by atoms with E-state index in [4.69, 9.17) is 9.47 Å². The fraction of sp³-hybridized carbons (Fsp3) is 0.350. The van der Waals surface area contributed by atoms with Gasteiger partial charge in [0.25, 0.3) is 5.91 Å². The highest BCUT2D eigenvalue weighted by atomic mass is 32.2. The van der Waals surface area contributed by atoms with Gasteiger partial charge >= 0.3 is 5.97 Å². The molecule has 1 amide bonds. The lowest BCUT2D eigenvalue weighted by molar-refractivity contribution is -0.142. The summed E-state index contributed by atoms with van der Waals surface area (Å²) >= 11 is 1.84. The Balaban J connectivity index is 1.68. The monoisotopic (exact) mass is 386 g/mol. The largest absolute Gasteiger partial charge is 0.473 e. The zero-order chi connectivity index (χ0) is 19.1. The number of thioether (sulfide) groups is 1. The molecule has 1 fully saturated rings. The van der Waals surface area contributed by atoms with Crippen molar-refractivity contribution in [2.45, 2.75) is 25.0 Å². The highest BCUT2D eigenvalue weighted by molar-refractivity contribution is 7.99. The highest BCUT2D eigenvalue weighted by Crippen LogP contribution is 2.22. The van der Waals surface area contributed by atoms with Crippen LogP contribution < -0.4 is 10.1 Å². The number of hydrogen-bond donors (Lipinski definition) is 1. The second-order valence-electron chi connectivity index (χ2n) is 6.23. The SMILES string of the molecule is COC(=O)C(Cc1ccccc1)NC(=O)c1ccnc(OC2CCSC2)c1. The average Bonchev–Trinajstić information content (AvgIpc) is 3.21. The summed E-state index contributed by atoms with van der Waals surface area (Å²) in [5, 5.41) is 2.75. The first-order chi connectivity index (χ1) is 13.2. The maximum Gasteiger partial charge on any atom is 0.328 e. The van der Waals surface area contributed by atoms with Crippen molar-refractivity contribution in [3.63, 3.8) is 0 Å². The van der Waals surface area contributed by atoms with Gasteiger partial charge < -0.3 is 14.8 Å². The summed E-state index contributed by atoms with van der Waals surface area (Å²) in [6, 6.07) is 11.9. The van der Waals surface area contributed by atoms with Crippen LogP contribution in [0, 0.1) is 0 Å². The van der Waals surface area contributed by atoms with Gasteiger partial charge in [0, 0.05) is 30.0 Å². The number of carbonyl (C=O) groups is 2. The minimum Gasteiger partial charge on any atom is -0.473 e. The van der Waals surface area contributed by atoms with Crippen LogP contribution in [-0.2, 0) is 16.0 Å². The van der Waals surface area contributed by atoms with Crippen molar-refractivity contribution in [1.82, 2.24) is 10.3 Å². The standard InChI is InChI=1S/C20H22N2O4S/c1-25-20(24)17(11-14-5-3-2-4-6-14)22-19(23)15-7-9-21-18(12-15)26-16-8-10-27-13-16/h2-7,9,12,16-17H,8,10-11,13H2,1H3,(H,22,23). The molecule has 0 saturated carbocycles. The number of ether oxygens (including phenoxy) is 2. The zero-order valence-electron chi connectivity index (χ0n) is 15.1. The number of amides is 1. The summed E-state index contributed by atoms with van der Waals surface area (Å²) in [5.41, 5.74) is 1.33. The summed E-state index contributed by atoms with van der Waals surface area (Å²) in [7, 11) is 1.31. The van der Waals surface area contributed by atoms with E-state index in [2.05, 4.69) is 10.3 Å². The molecule has 2 heterocycles. The van der Waals surface area contributed by atoms with E-state index in [9.17, 15) is 9.59 Å². The molecule has 1 saturated heterocycles. The van der Waals surface area contributed by atoms with Gasteiger partial charge in [-0.05, 0) is 23.8 Å². The summed E-state index contributed by atoms with van der Waals surface area (Å²) in [6.07, 6.45) is 3.00. The molecule has 1 aromatic heterocycles. The second-order valence-corrected chi connectivity index (χ2v) is 7.37. The molecule has 3 rings (SSSR count). The van der Waals surface area contributed by atoms with Crippen LogP contribution in [0.3, 0.4) is 0 Å². The minimum atomic E-state index is -0.770. The number of esters is 1. The van der Waals surface area contributed by atoms with E-state index in [-0.39, 0.29) is 12.0 Å². The lowest BCUT2D eigenvalue weighted by Gasteiger charge is -2.17. The normalized spacial score (nSPS) is 17.1. The van der Waals surface area contributed by atoms with E-state index in [1.54, 1.807) is 12.1 Å². The Kier molecular flexibility index (Phi) is 6.70. The van der Waals surface area contributed by atoms with Crippen LogP contribution in [0.1, 0.15) is 22.3 Å². The summed E-state index contributed by atoms with van der Waals surface area (Å²) < 4.78 is 10.7. The van der Waals surface area contributed by atoms with Gasteiger partial charge in [-0.1, -0.05) is 30.3 Å². The quantitative estimate of drug-likeness (QED) is 0.737. The van der Waals surface area contributed by atoms with Gasteiger partial charge in [0.05, 0.1) is 7.11 Å². The van der Waals surface area contributed by atoms with E-state index >= 15 is 0 Å². The Morgan fingerprint density at radius 1 is 1.30 bits per heavy atom. The molecule has 0 spiro atoms. The minimum absolute atomic E-state index is 0.127. The highest BCUT2D eigenvalue weighted by Gasteiger charge is 2.23. The molecule has 0 bridgehead atoms. The molecule has 7 heteroatoms. The first-order valence-electron chi connectivity index (χ1n) is 8.79. The maximum atomic E-state index is 12.6.